The third kappa shape index (κ3) is 2.67. The summed E-state index contributed by atoms with van der Waals surface area (Å²) in [5.41, 5.74) is 0.952. The quantitative estimate of drug-likeness (QED) is 0.721. The molecule has 126 valence electrons. The molecule has 3 aromatic rings. The van der Waals surface area contributed by atoms with E-state index >= 15 is 0 Å². The van der Waals surface area contributed by atoms with Crippen molar-refractivity contribution in [1.82, 2.24) is 24.6 Å². The Morgan fingerprint density at radius 1 is 1.20 bits per heavy atom. The standard InChI is InChI=1S/C18H16FN5O/c1-12-17-21-16(13-5-3-2-4-6-13)22-24(17)10-9-23(12)18(25)14-7-8-20-11-15(14)19/h2-8,11-12H,9-10H2,1H3/t12-/m0/s1. The van der Waals surface area contributed by atoms with Gasteiger partial charge < -0.3 is 4.90 Å². The smallest absolute Gasteiger partial charge is 0.257 e. The molecule has 3 heterocycles. The third-order valence-corrected chi connectivity index (χ3v) is 4.39. The van der Waals surface area contributed by atoms with E-state index in [1.54, 1.807) is 4.90 Å². The molecule has 1 atom stereocenters. The van der Waals surface area contributed by atoms with Crippen LogP contribution >= 0.6 is 0 Å². The number of hydrogen-bond acceptors (Lipinski definition) is 4. The Kier molecular flexibility index (Phi) is 3.76. The largest absolute Gasteiger partial charge is 0.327 e. The summed E-state index contributed by atoms with van der Waals surface area (Å²) in [6.45, 7) is 2.86. The fourth-order valence-electron chi connectivity index (χ4n) is 3.05. The molecule has 2 aromatic heterocycles. The second kappa shape index (κ2) is 6.08. The van der Waals surface area contributed by atoms with Crippen molar-refractivity contribution in [3.8, 4) is 11.4 Å². The predicted molar refractivity (Wildman–Crippen MR) is 89.1 cm³/mol. The zero-order valence-electron chi connectivity index (χ0n) is 13.6. The van der Waals surface area contributed by atoms with Crippen molar-refractivity contribution in [3.05, 3.63) is 66.0 Å². The number of aromatic nitrogens is 4. The molecule has 0 radical (unpaired) electrons. The van der Waals surface area contributed by atoms with Crippen molar-refractivity contribution >= 4 is 5.91 Å². The van der Waals surface area contributed by atoms with E-state index < -0.39 is 5.82 Å². The van der Waals surface area contributed by atoms with Crippen LogP contribution in [0.1, 0.15) is 29.1 Å². The zero-order valence-corrected chi connectivity index (χ0v) is 13.6. The summed E-state index contributed by atoms with van der Waals surface area (Å²) >= 11 is 0. The van der Waals surface area contributed by atoms with Crippen molar-refractivity contribution in [2.45, 2.75) is 19.5 Å². The molecule has 0 saturated carbocycles. The molecule has 6 nitrogen and oxygen atoms in total. The summed E-state index contributed by atoms with van der Waals surface area (Å²) in [4.78, 5) is 22.6. The van der Waals surface area contributed by atoms with Gasteiger partial charge in [0.2, 0.25) is 0 Å². The summed E-state index contributed by atoms with van der Waals surface area (Å²) in [5, 5.41) is 4.54. The Morgan fingerprint density at radius 3 is 2.76 bits per heavy atom. The van der Waals surface area contributed by atoms with Crippen molar-refractivity contribution in [2.24, 2.45) is 0 Å². The van der Waals surface area contributed by atoms with E-state index in [1.807, 2.05) is 41.9 Å². The summed E-state index contributed by atoms with van der Waals surface area (Å²) in [5.74, 6) is 0.361. The first-order chi connectivity index (χ1) is 12.1. The monoisotopic (exact) mass is 337 g/mol. The van der Waals surface area contributed by atoms with Crippen LogP contribution in [0.4, 0.5) is 4.39 Å². The normalized spacial score (nSPS) is 16.6. The minimum atomic E-state index is -0.614. The second-order valence-electron chi connectivity index (χ2n) is 5.91. The molecule has 0 spiro atoms. The van der Waals surface area contributed by atoms with Crippen LogP contribution in [0.5, 0.6) is 0 Å². The molecule has 0 unspecified atom stereocenters. The Balaban J connectivity index is 1.65. The number of halogens is 1. The van der Waals surface area contributed by atoms with Crippen molar-refractivity contribution in [2.75, 3.05) is 6.54 Å². The molecule has 1 aliphatic rings. The van der Waals surface area contributed by atoms with Crippen LogP contribution in [0.3, 0.4) is 0 Å². The summed E-state index contributed by atoms with van der Waals surface area (Å²) in [6, 6.07) is 10.8. The number of fused-ring (bicyclic) bond motifs is 1. The molecule has 1 amide bonds. The molecule has 1 aromatic carbocycles. The Morgan fingerprint density at radius 2 is 2.00 bits per heavy atom. The highest BCUT2D eigenvalue weighted by molar-refractivity contribution is 5.94. The number of nitrogens with zero attached hydrogens (tertiary/aromatic N) is 5. The second-order valence-corrected chi connectivity index (χ2v) is 5.91. The number of rotatable bonds is 2. The van der Waals surface area contributed by atoms with Gasteiger partial charge in [-0.15, -0.1) is 0 Å². The zero-order chi connectivity index (χ0) is 17.4. The number of hydrogen-bond donors (Lipinski definition) is 0. The molecule has 7 heteroatoms. The van der Waals surface area contributed by atoms with Gasteiger partial charge in [-0.1, -0.05) is 30.3 Å². The molecular weight excluding hydrogens is 321 g/mol. The summed E-state index contributed by atoms with van der Waals surface area (Å²) in [7, 11) is 0. The SMILES string of the molecule is C[C@H]1c2nc(-c3ccccc3)nn2CCN1C(=O)c1ccncc1F. The highest BCUT2D eigenvalue weighted by atomic mass is 19.1. The maximum absolute atomic E-state index is 13.9. The van der Waals surface area contributed by atoms with Crippen LogP contribution in [0.25, 0.3) is 11.4 Å². The van der Waals surface area contributed by atoms with E-state index in [-0.39, 0.29) is 17.5 Å². The van der Waals surface area contributed by atoms with E-state index in [2.05, 4.69) is 15.1 Å². The van der Waals surface area contributed by atoms with E-state index in [0.717, 1.165) is 11.8 Å². The van der Waals surface area contributed by atoms with Gasteiger partial charge in [0.05, 0.1) is 24.3 Å². The van der Waals surface area contributed by atoms with Gasteiger partial charge in [0, 0.05) is 18.3 Å². The van der Waals surface area contributed by atoms with Crippen LogP contribution in [-0.2, 0) is 6.54 Å². The number of carbonyl (C=O) groups excluding carboxylic acids is 1. The van der Waals surface area contributed by atoms with E-state index in [9.17, 15) is 9.18 Å². The van der Waals surface area contributed by atoms with Gasteiger partial charge in [0.15, 0.2) is 11.6 Å². The van der Waals surface area contributed by atoms with Crippen LogP contribution in [-0.4, -0.2) is 37.1 Å². The van der Waals surface area contributed by atoms with Gasteiger partial charge in [-0.3, -0.25) is 9.78 Å². The van der Waals surface area contributed by atoms with Crippen LogP contribution in [0, 0.1) is 5.82 Å². The van der Waals surface area contributed by atoms with Gasteiger partial charge in [-0.25, -0.2) is 14.1 Å². The molecule has 0 N–H and O–H groups in total. The average molecular weight is 337 g/mol. The predicted octanol–water partition coefficient (Wildman–Crippen LogP) is 2.70. The highest BCUT2D eigenvalue weighted by Gasteiger charge is 2.32. The van der Waals surface area contributed by atoms with Crippen LogP contribution in [0.15, 0.2) is 48.8 Å². The lowest BCUT2D eigenvalue weighted by Crippen LogP contribution is -2.41. The van der Waals surface area contributed by atoms with Gasteiger partial charge in [-0.05, 0) is 13.0 Å². The molecule has 4 rings (SSSR count). The Bertz CT molecular complexity index is 924. The topological polar surface area (TPSA) is 63.9 Å². The van der Waals surface area contributed by atoms with Crippen molar-refractivity contribution in [3.63, 3.8) is 0 Å². The molecule has 0 bridgehead atoms. The molecule has 0 fully saturated rings. The van der Waals surface area contributed by atoms with Gasteiger partial charge >= 0.3 is 0 Å². The lowest BCUT2D eigenvalue weighted by atomic mass is 10.1. The number of benzene rings is 1. The maximum atomic E-state index is 13.9. The summed E-state index contributed by atoms with van der Waals surface area (Å²) < 4.78 is 15.7. The lowest BCUT2D eigenvalue weighted by molar-refractivity contribution is 0.0625. The van der Waals surface area contributed by atoms with Crippen molar-refractivity contribution in [1.29, 1.82) is 0 Å². The fourth-order valence-corrected chi connectivity index (χ4v) is 3.05. The molecular formula is C18H16FN5O. The lowest BCUT2D eigenvalue weighted by Gasteiger charge is -2.33. The molecule has 0 saturated heterocycles. The third-order valence-electron chi connectivity index (χ3n) is 4.39. The minimum absolute atomic E-state index is 0.0260. The van der Waals surface area contributed by atoms with Crippen LogP contribution in [0.2, 0.25) is 0 Å². The first-order valence-electron chi connectivity index (χ1n) is 8.06. The van der Waals surface area contributed by atoms with Gasteiger partial charge in [-0.2, -0.15) is 5.10 Å². The highest BCUT2D eigenvalue weighted by Crippen LogP contribution is 2.27. The van der Waals surface area contributed by atoms with E-state index in [1.165, 1.54) is 12.3 Å². The Hall–Kier alpha value is -3.09. The van der Waals surface area contributed by atoms with E-state index in [0.29, 0.717) is 24.7 Å². The van der Waals surface area contributed by atoms with Crippen molar-refractivity contribution < 1.29 is 9.18 Å². The number of amides is 1. The molecule has 0 aliphatic carbocycles. The van der Waals surface area contributed by atoms with Gasteiger partial charge in [0.1, 0.15) is 5.82 Å². The van der Waals surface area contributed by atoms with Gasteiger partial charge in [0.25, 0.3) is 5.91 Å². The molecule has 25 heavy (non-hydrogen) atoms. The first kappa shape index (κ1) is 15.4. The minimum Gasteiger partial charge on any atom is -0.327 e. The fraction of sp³-hybridized carbons (Fsp3) is 0.222. The maximum Gasteiger partial charge on any atom is 0.257 e. The summed E-state index contributed by atoms with van der Waals surface area (Å²) in [6.07, 6.45) is 2.47. The first-order valence-corrected chi connectivity index (χ1v) is 8.06. The number of carbonyl (C=O) groups is 1. The average Bonchev–Trinajstić information content (AvgIpc) is 3.08. The number of pyridine rings is 1. The van der Waals surface area contributed by atoms with Crippen LogP contribution < -0.4 is 0 Å². The van der Waals surface area contributed by atoms with E-state index in [4.69, 9.17) is 0 Å². The Labute approximate surface area is 143 Å². The molecule has 1 aliphatic heterocycles.